The van der Waals surface area contributed by atoms with Gasteiger partial charge in [0.15, 0.2) is 0 Å². The molecule has 0 aromatic heterocycles. The van der Waals surface area contributed by atoms with Crippen molar-refractivity contribution < 1.29 is 4.79 Å². The summed E-state index contributed by atoms with van der Waals surface area (Å²) < 4.78 is 0. The first-order chi connectivity index (χ1) is 8.99. The molecule has 0 saturated heterocycles. The fraction of sp³-hybridized carbons (Fsp3) is 0.938. The Morgan fingerprint density at radius 1 is 1.26 bits per heavy atom. The highest BCUT2D eigenvalue weighted by atomic mass is 16.2. The van der Waals surface area contributed by atoms with Crippen LogP contribution in [0.4, 0.5) is 0 Å². The molecule has 2 fully saturated rings. The first kappa shape index (κ1) is 14.8. The van der Waals surface area contributed by atoms with Crippen LogP contribution in [0, 0.1) is 11.3 Å². The van der Waals surface area contributed by atoms with Gasteiger partial charge in [-0.3, -0.25) is 4.79 Å². The van der Waals surface area contributed by atoms with Crippen molar-refractivity contribution in [2.24, 2.45) is 17.1 Å². The van der Waals surface area contributed by atoms with Gasteiger partial charge >= 0.3 is 0 Å². The molecule has 2 aliphatic rings. The molecule has 0 heterocycles. The summed E-state index contributed by atoms with van der Waals surface area (Å²) in [5.41, 5.74) is 5.87. The molecule has 2 aliphatic carbocycles. The van der Waals surface area contributed by atoms with Crippen molar-refractivity contribution in [1.82, 2.24) is 4.90 Å². The predicted molar refractivity (Wildman–Crippen MR) is 78.7 cm³/mol. The quantitative estimate of drug-likeness (QED) is 0.853. The van der Waals surface area contributed by atoms with Gasteiger partial charge in [-0.15, -0.1) is 0 Å². The van der Waals surface area contributed by atoms with E-state index in [4.69, 9.17) is 5.73 Å². The Labute approximate surface area is 117 Å². The van der Waals surface area contributed by atoms with Crippen LogP contribution in [0.2, 0.25) is 0 Å². The largest absolute Gasteiger partial charge is 0.342 e. The summed E-state index contributed by atoms with van der Waals surface area (Å²) in [5.74, 6) is 1.17. The number of nitrogens with two attached hydrogens (primary N) is 1. The number of hydrogen-bond acceptors (Lipinski definition) is 2. The third-order valence-corrected chi connectivity index (χ3v) is 5.78. The molecule has 0 aromatic carbocycles. The molecule has 3 heteroatoms. The van der Waals surface area contributed by atoms with Gasteiger partial charge in [-0.1, -0.05) is 19.8 Å². The molecular weight excluding hydrogens is 236 g/mol. The molecule has 2 saturated carbocycles. The van der Waals surface area contributed by atoms with Gasteiger partial charge in [0.2, 0.25) is 5.91 Å². The lowest BCUT2D eigenvalue weighted by atomic mass is 9.80. The van der Waals surface area contributed by atoms with Crippen molar-refractivity contribution >= 4 is 5.91 Å². The molecule has 0 bridgehead atoms. The summed E-state index contributed by atoms with van der Waals surface area (Å²) in [4.78, 5) is 14.8. The zero-order valence-electron chi connectivity index (χ0n) is 12.8. The number of carbonyl (C=O) groups is 1. The zero-order valence-corrected chi connectivity index (χ0v) is 12.8. The number of amides is 1. The zero-order chi connectivity index (χ0) is 14.0. The van der Waals surface area contributed by atoms with Crippen molar-refractivity contribution in [2.75, 3.05) is 7.05 Å². The Balaban J connectivity index is 1.96. The molecular formula is C16H30N2O. The van der Waals surface area contributed by atoms with E-state index in [0.29, 0.717) is 6.04 Å². The Morgan fingerprint density at radius 3 is 2.37 bits per heavy atom. The molecule has 2 N–H and O–H groups in total. The Bertz CT molecular complexity index is 323. The van der Waals surface area contributed by atoms with E-state index in [0.717, 1.165) is 25.2 Å². The fourth-order valence-electron chi connectivity index (χ4n) is 3.97. The van der Waals surface area contributed by atoms with Gasteiger partial charge in [-0.05, 0) is 51.4 Å². The van der Waals surface area contributed by atoms with Crippen molar-refractivity contribution in [3.05, 3.63) is 0 Å². The molecule has 0 aliphatic heterocycles. The lowest BCUT2D eigenvalue weighted by Gasteiger charge is -2.39. The smallest absolute Gasteiger partial charge is 0.230 e. The molecule has 2 atom stereocenters. The van der Waals surface area contributed by atoms with Gasteiger partial charge in [-0.25, -0.2) is 0 Å². The maximum Gasteiger partial charge on any atom is 0.230 e. The summed E-state index contributed by atoms with van der Waals surface area (Å²) in [5, 5.41) is 0. The minimum absolute atomic E-state index is 0.0504. The SMILES string of the molecule is CCC1CCC(N(C)C(=O)C2(C)CCCC2N)CC1. The van der Waals surface area contributed by atoms with E-state index in [1.165, 1.54) is 32.1 Å². The van der Waals surface area contributed by atoms with Gasteiger partial charge in [0.05, 0.1) is 5.41 Å². The summed E-state index contributed by atoms with van der Waals surface area (Å²) in [6, 6.07) is 0.495. The van der Waals surface area contributed by atoms with Crippen LogP contribution in [-0.2, 0) is 4.79 Å². The van der Waals surface area contributed by atoms with Gasteiger partial charge in [0.1, 0.15) is 0 Å². The van der Waals surface area contributed by atoms with Crippen LogP contribution < -0.4 is 5.73 Å². The van der Waals surface area contributed by atoms with Crippen molar-refractivity contribution in [3.8, 4) is 0 Å². The molecule has 110 valence electrons. The fourth-order valence-corrected chi connectivity index (χ4v) is 3.97. The normalized spacial score (nSPS) is 39.3. The maximum atomic E-state index is 12.8. The minimum atomic E-state index is -0.309. The van der Waals surface area contributed by atoms with Crippen LogP contribution in [-0.4, -0.2) is 29.9 Å². The van der Waals surface area contributed by atoms with E-state index in [1.807, 2.05) is 11.9 Å². The van der Waals surface area contributed by atoms with Crippen LogP contribution in [0.1, 0.15) is 65.2 Å². The van der Waals surface area contributed by atoms with Gasteiger partial charge in [0.25, 0.3) is 0 Å². The van der Waals surface area contributed by atoms with Crippen molar-refractivity contribution in [2.45, 2.75) is 77.3 Å². The summed E-state index contributed by atoms with van der Waals surface area (Å²) >= 11 is 0. The van der Waals surface area contributed by atoms with E-state index in [-0.39, 0.29) is 17.4 Å². The van der Waals surface area contributed by atoms with Gasteiger partial charge in [-0.2, -0.15) is 0 Å². The molecule has 0 radical (unpaired) electrons. The average Bonchev–Trinajstić information content (AvgIpc) is 2.78. The minimum Gasteiger partial charge on any atom is -0.342 e. The third kappa shape index (κ3) is 2.81. The lowest BCUT2D eigenvalue weighted by molar-refractivity contribution is -0.143. The number of carbonyl (C=O) groups excluding carboxylic acids is 1. The molecule has 19 heavy (non-hydrogen) atoms. The van der Waals surface area contributed by atoms with Crippen molar-refractivity contribution in [1.29, 1.82) is 0 Å². The number of rotatable bonds is 3. The Kier molecular flexibility index (Phi) is 4.54. The van der Waals surface area contributed by atoms with E-state index in [9.17, 15) is 4.79 Å². The average molecular weight is 266 g/mol. The number of nitrogens with zero attached hydrogens (tertiary/aromatic N) is 1. The van der Waals surface area contributed by atoms with E-state index in [1.54, 1.807) is 0 Å². The highest BCUT2D eigenvalue weighted by Crippen LogP contribution is 2.39. The Hall–Kier alpha value is -0.570. The molecule has 1 amide bonds. The Morgan fingerprint density at radius 2 is 1.89 bits per heavy atom. The van der Waals surface area contributed by atoms with Crippen LogP contribution >= 0.6 is 0 Å². The lowest BCUT2D eigenvalue weighted by Crippen LogP contribution is -2.51. The second-order valence-electron chi connectivity index (χ2n) is 6.92. The first-order valence-electron chi connectivity index (χ1n) is 8.02. The maximum absolute atomic E-state index is 12.8. The number of hydrogen-bond donors (Lipinski definition) is 1. The third-order valence-electron chi connectivity index (χ3n) is 5.78. The molecule has 2 rings (SSSR count). The molecule has 2 unspecified atom stereocenters. The van der Waals surface area contributed by atoms with Crippen LogP contribution in [0.15, 0.2) is 0 Å². The van der Waals surface area contributed by atoms with Crippen LogP contribution in [0.5, 0.6) is 0 Å². The van der Waals surface area contributed by atoms with Crippen LogP contribution in [0.3, 0.4) is 0 Å². The first-order valence-corrected chi connectivity index (χ1v) is 8.02. The summed E-state index contributed by atoms with van der Waals surface area (Å²) in [6.07, 6.45) is 9.24. The highest BCUT2D eigenvalue weighted by molar-refractivity contribution is 5.83. The summed E-state index contributed by atoms with van der Waals surface area (Å²) in [6.45, 7) is 4.35. The standard InChI is InChI=1S/C16H30N2O/c1-4-12-7-9-13(10-8-12)18(3)15(19)16(2)11-5-6-14(16)17/h12-14H,4-11,17H2,1-3H3. The van der Waals surface area contributed by atoms with E-state index in [2.05, 4.69) is 13.8 Å². The van der Waals surface area contributed by atoms with E-state index < -0.39 is 0 Å². The second kappa shape index (κ2) is 5.82. The van der Waals surface area contributed by atoms with Gasteiger partial charge in [0, 0.05) is 19.1 Å². The highest BCUT2D eigenvalue weighted by Gasteiger charge is 2.45. The van der Waals surface area contributed by atoms with Crippen molar-refractivity contribution in [3.63, 3.8) is 0 Å². The van der Waals surface area contributed by atoms with E-state index >= 15 is 0 Å². The summed E-state index contributed by atoms with van der Waals surface area (Å²) in [7, 11) is 2.00. The van der Waals surface area contributed by atoms with Crippen LogP contribution in [0.25, 0.3) is 0 Å². The topological polar surface area (TPSA) is 46.3 Å². The monoisotopic (exact) mass is 266 g/mol. The van der Waals surface area contributed by atoms with Gasteiger partial charge < -0.3 is 10.6 Å². The molecule has 3 nitrogen and oxygen atoms in total. The molecule has 0 aromatic rings. The predicted octanol–water partition coefficient (Wildman–Crippen LogP) is 2.93. The second-order valence-corrected chi connectivity index (χ2v) is 6.92. The molecule has 0 spiro atoms.